The molecule has 1 N–H and O–H groups in total. The van der Waals surface area contributed by atoms with Crippen LogP contribution in [0, 0.1) is 6.92 Å². The van der Waals surface area contributed by atoms with Gasteiger partial charge in [-0.1, -0.05) is 48.0 Å². The molecule has 0 bridgehead atoms. The molecule has 1 fully saturated rings. The van der Waals surface area contributed by atoms with Gasteiger partial charge in [-0.2, -0.15) is 0 Å². The average molecular weight is 544 g/mol. The fourth-order valence-electron chi connectivity index (χ4n) is 3.15. The average Bonchev–Trinajstić information content (AvgIpc) is 3.15. The van der Waals surface area contributed by atoms with Gasteiger partial charge in [0.05, 0.1) is 22.2 Å². The van der Waals surface area contributed by atoms with Gasteiger partial charge in [-0.3, -0.25) is 4.79 Å². The van der Waals surface area contributed by atoms with Gasteiger partial charge < -0.3 is 14.8 Å². The van der Waals surface area contributed by atoms with Crippen LogP contribution in [0.3, 0.4) is 0 Å². The van der Waals surface area contributed by atoms with Crippen LogP contribution in [0.1, 0.15) is 16.7 Å². The van der Waals surface area contributed by atoms with E-state index >= 15 is 0 Å². The van der Waals surface area contributed by atoms with Gasteiger partial charge in [-0.05, 0) is 81.6 Å². The van der Waals surface area contributed by atoms with Crippen molar-refractivity contribution in [1.82, 2.24) is 5.32 Å². The van der Waals surface area contributed by atoms with Crippen molar-refractivity contribution in [3.05, 3.63) is 91.8 Å². The first-order chi connectivity index (χ1) is 15.9. The van der Waals surface area contributed by atoms with E-state index in [-0.39, 0.29) is 5.91 Å². The number of nitrogens with one attached hydrogen (secondary N) is 1. The predicted octanol–water partition coefficient (Wildman–Crippen LogP) is 6.89. The van der Waals surface area contributed by atoms with Crippen LogP contribution in [0.4, 0.5) is 5.69 Å². The van der Waals surface area contributed by atoms with Gasteiger partial charge in [-0.15, -0.1) is 0 Å². The SMILES string of the molecule is COc1cc(/C=C2/SC(=Nc3cccc(Cl)c3C)NC2=O)cc(Br)c1OCc1ccccc1. The molecule has 0 aromatic heterocycles. The Hall–Kier alpha value is -2.74. The third kappa shape index (κ3) is 5.61. The first-order valence-corrected chi connectivity index (χ1v) is 12.0. The number of aliphatic imine (C=N–C) groups is 1. The molecule has 0 unspecified atom stereocenters. The van der Waals surface area contributed by atoms with Crippen molar-refractivity contribution < 1.29 is 14.3 Å². The highest BCUT2D eigenvalue weighted by Crippen LogP contribution is 2.39. The molecule has 8 heteroatoms. The summed E-state index contributed by atoms with van der Waals surface area (Å²) >= 11 is 11.0. The van der Waals surface area contributed by atoms with Crippen LogP contribution in [-0.4, -0.2) is 18.2 Å². The van der Waals surface area contributed by atoms with Gasteiger partial charge >= 0.3 is 0 Å². The minimum absolute atomic E-state index is 0.210. The summed E-state index contributed by atoms with van der Waals surface area (Å²) in [6.07, 6.45) is 1.79. The number of carbonyl (C=O) groups excluding carboxylic acids is 1. The summed E-state index contributed by atoms with van der Waals surface area (Å²) in [5.74, 6) is 0.961. The summed E-state index contributed by atoms with van der Waals surface area (Å²) in [4.78, 5) is 17.6. The van der Waals surface area contributed by atoms with Crippen LogP contribution in [0.25, 0.3) is 6.08 Å². The number of benzene rings is 3. The van der Waals surface area contributed by atoms with Crippen molar-refractivity contribution in [3.8, 4) is 11.5 Å². The van der Waals surface area contributed by atoms with Crippen molar-refractivity contribution in [2.45, 2.75) is 13.5 Å². The van der Waals surface area contributed by atoms with Crippen molar-refractivity contribution in [1.29, 1.82) is 0 Å². The van der Waals surface area contributed by atoms with E-state index in [2.05, 4.69) is 26.2 Å². The molecule has 1 aliphatic rings. The summed E-state index contributed by atoms with van der Waals surface area (Å²) in [6, 6.07) is 19.1. The Labute approximate surface area is 210 Å². The Bertz CT molecular complexity index is 1260. The first kappa shape index (κ1) is 23.4. The van der Waals surface area contributed by atoms with E-state index in [4.69, 9.17) is 21.1 Å². The second kappa shape index (κ2) is 10.5. The minimum atomic E-state index is -0.210. The zero-order valence-electron chi connectivity index (χ0n) is 17.9. The normalized spacial score (nSPS) is 15.7. The second-order valence-corrected chi connectivity index (χ2v) is 9.47. The Balaban J connectivity index is 1.56. The second-order valence-electron chi connectivity index (χ2n) is 7.17. The number of methoxy groups -OCH3 is 1. The molecule has 1 amide bonds. The minimum Gasteiger partial charge on any atom is -0.493 e. The zero-order chi connectivity index (χ0) is 23.4. The molecule has 1 aliphatic heterocycles. The number of amides is 1. The molecule has 0 spiro atoms. The number of hydrogen-bond donors (Lipinski definition) is 1. The smallest absolute Gasteiger partial charge is 0.264 e. The number of amidine groups is 1. The zero-order valence-corrected chi connectivity index (χ0v) is 21.1. The molecular formula is C25H20BrClN2O3S. The van der Waals surface area contributed by atoms with Gasteiger partial charge in [-0.25, -0.2) is 4.99 Å². The number of carbonyl (C=O) groups is 1. The van der Waals surface area contributed by atoms with Crippen LogP contribution >= 0.6 is 39.3 Å². The molecule has 1 saturated heterocycles. The molecular weight excluding hydrogens is 524 g/mol. The molecule has 5 nitrogen and oxygen atoms in total. The molecule has 33 heavy (non-hydrogen) atoms. The van der Waals surface area contributed by atoms with Crippen LogP contribution in [0.15, 0.2) is 75.0 Å². The van der Waals surface area contributed by atoms with Gasteiger partial charge in [0.15, 0.2) is 16.7 Å². The van der Waals surface area contributed by atoms with Gasteiger partial charge in [0.1, 0.15) is 6.61 Å². The molecule has 1 heterocycles. The van der Waals surface area contributed by atoms with Crippen LogP contribution in [0.5, 0.6) is 11.5 Å². The Morgan fingerprint density at radius 3 is 2.70 bits per heavy atom. The van der Waals surface area contributed by atoms with Gasteiger partial charge in [0, 0.05) is 5.02 Å². The quantitative estimate of drug-likeness (QED) is 0.344. The molecule has 0 atom stereocenters. The topological polar surface area (TPSA) is 59.9 Å². The summed E-state index contributed by atoms with van der Waals surface area (Å²) in [5, 5.41) is 3.95. The van der Waals surface area contributed by atoms with Crippen LogP contribution < -0.4 is 14.8 Å². The van der Waals surface area contributed by atoms with Crippen LogP contribution in [-0.2, 0) is 11.4 Å². The molecule has 0 saturated carbocycles. The van der Waals surface area contributed by atoms with Crippen LogP contribution in [0.2, 0.25) is 5.02 Å². The van der Waals surface area contributed by atoms with Crippen molar-refractivity contribution in [3.63, 3.8) is 0 Å². The largest absolute Gasteiger partial charge is 0.493 e. The maximum Gasteiger partial charge on any atom is 0.264 e. The molecule has 168 valence electrons. The lowest BCUT2D eigenvalue weighted by molar-refractivity contribution is -0.115. The molecule has 0 aliphatic carbocycles. The van der Waals surface area contributed by atoms with Crippen molar-refractivity contribution in [2.75, 3.05) is 7.11 Å². The highest BCUT2D eigenvalue weighted by atomic mass is 79.9. The summed E-state index contributed by atoms with van der Waals surface area (Å²) in [7, 11) is 1.59. The third-order valence-corrected chi connectivity index (χ3v) is 6.80. The van der Waals surface area contributed by atoms with Gasteiger partial charge in [0.2, 0.25) is 0 Å². The number of nitrogens with zero attached hydrogens (tertiary/aromatic N) is 1. The fourth-order valence-corrected chi connectivity index (χ4v) is 4.73. The number of ether oxygens (including phenoxy) is 2. The lowest BCUT2D eigenvalue weighted by Gasteiger charge is -2.13. The predicted molar refractivity (Wildman–Crippen MR) is 138 cm³/mol. The van der Waals surface area contributed by atoms with Crippen molar-refractivity contribution in [2.24, 2.45) is 4.99 Å². The van der Waals surface area contributed by atoms with Crippen molar-refractivity contribution >= 4 is 62.1 Å². The Kier molecular flexibility index (Phi) is 7.42. The lowest BCUT2D eigenvalue weighted by atomic mass is 10.2. The standard InChI is InChI=1S/C25H20BrClN2O3S/c1-15-19(27)9-6-10-20(15)28-25-29-24(30)22(33-25)13-17-11-18(26)23(21(12-17)31-2)32-14-16-7-4-3-5-8-16/h3-13H,14H2,1-2H3,(H,28,29,30)/b22-13+. The van der Waals surface area contributed by atoms with E-state index in [1.807, 2.05) is 67.6 Å². The lowest BCUT2D eigenvalue weighted by Crippen LogP contribution is -2.19. The van der Waals surface area contributed by atoms with E-state index in [1.54, 1.807) is 13.2 Å². The van der Waals surface area contributed by atoms with E-state index in [0.29, 0.717) is 33.2 Å². The molecule has 3 aromatic rings. The fraction of sp³-hybridized carbons (Fsp3) is 0.120. The number of thioether (sulfide) groups is 1. The monoisotopic (exact) mass is 542 g/mol. The molecule has 4 rings (SSSR count). The summed E-state index contributed by atoms with van der Waals surface area (Å²) in [5.41, 5.74) is 3.43. The Morgan fingerprint density at radius 1 is 1.15 bits per heavy atom. The highest BCUT2D eigenvalue weighted by Gasteiger charge is 2.24. The van der Waals surface area contributed by atoms with E-state index in [9.17, 15) is 4.79 Å². The third-order valence-electron chi connectivity index (χ3n) is 4.89. The maximum absolute atomic E-state index is 12.5. The van der Waals surface area contributed by atoms with Gasteiger partial charge in [0.25, 0.3) is 5.91 Å². The summed E-state index contributed by atoms with van der Waals surface area (Å²) < 4.78 is 12.3. The number of hydrogen-bond acceptors (Lipinski definition) is 5. The highest BCUT2D eigenvalue weighted by molar-refractivity contribution is 9.10. The summed E-state index contributed by atoms with van der Waals surface area (Å²) in [6.45, 7) is 2.31. The Morgan fingerprint density at radius 2 is 1.94 bits per heavy atom. The maximum atomic E-state index is 12.5. The molecule has 3 aromatic carbocycles. The number of halogens is 2. The van der Waals surface area contributed by atoms with E-state index in [0.717, 1.165) is 26.9 Å². The van der Waals surface area contributed by atoms with E-state index < -0.39 is 0 Å². The first-order valence-electron chi connectivity index (χ1n) is 10.0. The van der Waals surface area contributed by atoms with E-state index in [1.165, 1.54) is 11.8 Å². The number of rotatable bonds is 6. The molecule has 0 radical (unpaired) electrons.